The van der Waals surface area contributed by atoms with Crippen LogP contribution in [0, 0.1) is 0 Å². The lowest BCUT2D eigenvalue weighted by Crippen LogP contribution is -2.49. The number of nitrogens with zero attached hydrogens (tertiary/aromatic N) is 1. The van der Waals surface area contributed by atoms with Crippen LogP contribution >= 0.6 is 0 Å². The van der Waals surface area contributed by atoms with Crippen LogP contribution in [0.5, 0.6) is 0 Å². The molecule has 1 aromatic heterocycles. The van der Waals surface area contributed by atoms with Crippen molar-refractivity contribution in [1.29, 1.82) is 0 Å². The van der Waals surface area contributed by atoms with Crippen LogP contribution in [0.2, 0.25) is 0 Å². The van der Waals surface area contributed by atoms with Gasteiger partial charge in [0.25, 0.3) is 6.33 Å². The molecule has 2 aromatic rings. The van der Waals surface area contributed by atoms with Crippen molar-refractivity contribution in [2.24, 2.45) is 0 Å². The first kappa shape index (κ1) is 10.5. The van der Waals surface area contributed by atoms with Gasteiger partial charge >= 0.3 is 12.1 Å². The molecule has 0 aliphatic carbocycles. The minimum Gasteiger partial charge on any atom is -0.247 e. The third-order valence-electron chi connectivity index (χ3n) is 1.89. The Hall–Kier alpha value is -2.05. The van der Waals surface area contributed by atoms with Gasteiger partial charge in [0.15, 0.2) is 5.52 Å². The molecule has 0 atom stereocenters. The second kappa shape index (κ2) is 3.51. The van der Waals surface area contributed by atoms with Crippen LogP contribution in [-0.4, -0.2) is 17.1 Å². The molecule has 0 radical (unpaired) electrons. The van der Waals surface area contributed by atoms with Crippen LogP contribution in [0.15, 0.2) is 30.6 Å². The predicted octanol–water partition coefficient (Wildman–Crippen LogP) is 0.973. The first-order valence-corrected chi connectivity index (χ1v) is 4.26. The second-order valence-electron chi connectivity index (χ2n) is 2.99. The number of rotatable bonds is 1. The normalized spacial score (nSPS) is 11.7. The Labute approximate surface area is 87.2 Å². The number of halogens is 3. The van der Waals surface area contributed by atoms with Crippen molar-refractivity contribution in [3.05, 3.63) is 30.6 Å². The predicted molar refractivity (Wildman–Crippen MR) is 46.1 cm³/mol. The number of fused-ring (bicyclic) bond motifs is 1. The summed E-state index contributed by atoms with van der Waals surface area (Å²) in [7, 11) is 0. The maximum absolute atomic E-state index is 11.9. The molecular weight excluding hydrogens is 225 g/mol. The van der Waals surface area contributed by atoms with Crippen LogP contribution in [0.1, 0.15) is 0 Å². The Morgan fingerprint density at radius 2 is 2.00 bits per heavy atom. The zero-order valence-corrected chi connectivity index (χ0v) is 7.78. The number of aromatic amines is 1. The lowest BCUT2D eigenvalue weighted by atomic mass is 10.3. The van der Waals surface area contributed by atoms with Crippen molar-refractivity contribution in [2.45, 2.75) is 6.18 Å². The van der Waals surface area contributed by atoms with E-state index >= 15 is 0 Å². The van der Waals surface area contributed by atoms with Crippen LogP contribution < -0.4 is 9.57 Å². The van der Waals surface area contributed by atoms with Gasteiger partial charge in [-0.05, 0) is 16.9 Å². The summed E-state index contributed by atoms with van der Waals surface area (Å²) in [4.78, 5) is 17.4. The van der Waals surface area contributed by atoms with E-state index in [1.807, 2.05) is 0 Å². The molecule has 16 heavy (non-hydrogen) atoms. The number of H-pyrrole nitrogens is 1. The Kier molecular flexibility index (Phi) is 2.30. The van der Waals surface area contributed by atoms with Gasteiger partial charge in [-0.15, -0.1) is 0 Å². The average molecular weight is 231 g/mol. The van der Waals surface area contributed by atoms with Gasteiger partial charge in [0.2, 0.25) is 5.52 Å². The lowest BCUT2D eigenvalue weighted by Gasteiger charge is -2.01. The third-order valence-corrected chi connectivity index (χ3v) is 1.89. The van der Waals surface area contributed by atoms with E-state index in [2.05, 4.69) is 9.82 Å². The van der Waals surface area contributed by atoms with Crippen LogP contribution in [0.4, 0.5) is 13.2 Å². The molecule has 0 amide bonds. The van der Waals surface area contributed by atoms with Crippen LogP contribution in [0.3, 0.4) is 0 Å². The first-order valence-electron chi connectivity index (χ1n) is 4.26. The van der Waals surface area contributed by atoms with Crippen molar-refractivity contribution in [3.63, 3.8) is 0 Å². The number of benzene rings is 1. The van der Waals surface area contributed by atoms with E-state index in [9.17, 15) is 18.0 Å². The highest BCUT2D eigenvalue weighted by Gasteiger charge is 2.43. The average Bonchev–Trinajstić information content (AvgIpc) is 2.61. The summed E-state index contributed by atoms with van der Waals surface area (Å²) in [6, 6.07) is 6.49. The van der Waals surface area contributed by atoms with E-state index in [-0.39, 0.29) is 0 Å². The molecule has 0 saturated carbocycles. The van der Waals surface area contributed by atoms with Crippen molar-refractivity contribution >= 4 is 17.0 Å². The van der Waals surface area contributed by atoms with Crippen LogP contribution in [-0.2, 0) is 4.79 Å². The Morgan fingerprint density at radius 1 is 1.31 bits per heavy atom. The molecule has 0 unspecified atom stereocenters. The number of hydrogen-bond donors (Lipinski definition) is 1. The molecule has 2 rings (SSSR count). The van der Waals surface area contributed by atoms with Gasteiger partial charge < -0.3 is 0 Å². The summed E-state index contributed by atoms with van der Waals surface area (Å²) in [6.45, 7) is 0. The van der Waals surface area contributed by atoms with Gasteiger partial charge in [0.05, 0.1) is 0 Å². The summed E-state index contributed by atoms with van der Waals surface area (Å²) in [6.07, 6.45) is -3.88. The van der Waals surface area contributed by atoms with Gasteiger partial charge in [-0.25, -0.2) is 14.6 Å². The number of carbonyl (C=O) groups is 1. The fraction of sp³-hybridized carbons (Fsp3) is 0.111. The lowest BCUT2D eigenvalue weighted by molar-refractivity contribution is -0.850. The highest BCUT2D eigenvalue weighted by atomic mass is 19.4. The number of hydrogen-bond acceptors (Lipinski definition) is 2. The number of imidazole rings is 1. The van der Waals surface area contributed by atoms with Gasteiger partial charge in [0, 0.05) is 0 Å². The fourth-order valence-corrected chi connectivity index (χ4v) is 1.20. The van der Waals surface area contributed by atoms with Gasteiger partial charge in [-0.3, -0.25) is 0 Å². The monoisotopic (exact) mass is 231 g/mol. The zero-order chi connectivity index (χ0) is 11.8. The molecule has 7 heteroatoms. The number of aromatic nitrogens is 2. The second-order valence-corrected chi connectivity index (χ2v) is 2.99. The fourth-order valence-electron chi connectivity index (χ4n) is 1.20. The molecule has 0 fully saturated rings. The van der Waals surface area contributed by atoms with Gasteiger partial charge in [-0.2, -0.15) is 13.2 Å². The molecule has 0 aliphatic heterocycles. The summed E-state index contributed by atoms with van der Waals surface area (Å²) in [5.74, 6) is -2.26. The van der Waals surface area contributed by atoms with Crippen molar-refractivity contribution in [1.82, 2.24) is 4.98 Å². The standard InChI is InChI=1S/C9H5F3N2O2/c10-9(11,12)8(15)16-14-5-13-6-3-1-2-4-7(6)14/h1-5H/p+1. The molecule has 4 nitrogen and oxygen atoms in total. The van der Waals surface area contributed by atoms with Gasteiger partial charge in [-0.1, -0.05) is 12.1 Å². The highest BCUT2D eigenvalue weighted by molar-refractivity contribution is 5.76. The third kappa shape index (κ3) is 1.83. The molecule has 0 aliphatic rings. The molecule has 1 aromatic carbocycles. The van der Waals surface area contributed by atoms with Crippen molar-refractivity contribution in [3.8, 4) is 0 Å². The van der Waals surface area contributed by atoms with E-state index < -0.39 is 12.1 Å². The minimum absolute atomic E-state index is 0.347. The molecule has 0 saturated heterocycles. The van der Waals surface area contributed by atoms with Gasteiger partial charge in [0.1, 0.15) is 0 Å². The first-order chi connectivity index (χ1) is 7.48. The Morgan fingerprint density at radius 3 is 2.69 bits per heavy atom. The SMILES string of the molecule is O=C(O[n+]1c[nH]c2ccccc21)C(F)(F)F. The summed E-state index contributed by atoms with van der Waals surface area (Å²) in [5, 5.41) is 0. The van der Waals surface area contributed by atoms with E-state index in [0.29, 0.717) is 11.0 Å². The molecule has 0 spiro atoms. The molecule has 1 heterocycles. The number of alkyl halides is 3. The largest absolute Gasteiger partial charge is 0.495 e. The maximum Gasteiger partial charge on any atom is 0.495 e. The molecule has 84 valence electrons. The molecule has 1 N–H and O–H groups in total. The van der Waals surface area contributed by atoms with Crippen molar-refractivity contribution < 1.29 is 27.5 Å². The number of carbonyl (C=O) groups excluding carboxylic acids is 1. The van der Waals surface area contributed by atoms with E-state index in [1.165, 1.54) is 6.07 Å². The number of para-hydroxylation sites is 2. The summed E-state index contributed by atoms with van der Waals surface area (Å²) in [5.41, 5.74) is 0.914. The zero-order valence-electron chi connectivity index (χ0n) is 7.78. The van der Waals surface area contributed by atoms with E-state index in [0.717, 1.165) is 11.1 Å². The highest BCUT2D eigenvalue weighted by Crippen LogP contribution is 2.14. The Balaban J connectivity index is 2.32. The summed E-state index contributed by atoms with van der Waals surface area (Å²) >= 11 is 0. The van der Waals surface area contributed by atoms with Crippen molar-refractivity contribution in [2.75, 3.05) is 0 Å². The quantitative estimate of drug-likeness (QED) is 0.743. The van der Waals surface area contributed by atoms with E-state index in [1.54, 1.807) is 18.2 Å². The summed E-state index contributed by atoms with van der Waals surface area (Å²) < 4.78 is 36.6. The van der Waals surface area contributed by atoms with Crippen LogP contribution in [0.25, 0.3) is 11.0 Å². The molecule has 0 bridgehead atoms. The number of nitrogens with one attached hydrogen (secondary N) is 1. The minimum atomic E-state index is -5.01. The maximum atomic E-state index is 11.9. The topological polar surface area (TPSA) is 46.0 Å². The molecular formula is C9H6F3N2O2+. The van der Waals surface area contributed by atoms with E-state index in [4.69, 9.17) is 0 Å². The smallest absolute Gasteiger partial charge is 0.247 e. The Bertz CT molecular complexity index is 533.